The fraction of sp³-hybridized carbons (Fsp3) is 0. The molecule has 0 fully saturated rings. The average Bonchev–Trinajstić information content (AvgIpc) is 2.57. The van der Waals surface area contributed by atoms with Gasteiger partial charge >= 0.3 is 0 Å². The van der Waals surface area contributed by atoms with Crippen molar-refractivity contribution in [3.05, 3.63) is 47.5 Å². The number of aromatic nitrogens is 1. The molecule has 16 heavy (non-hydrogen) atoms. The predicted octanol–water partition coefficient (Wildman–Crippen LogP) is 1.37. The van der Waals surface area contributed by atoms with Crippen molar-refractivity contribution >= 4 is 5.78 Å². The van der Waals surface area contributed by atoms with Crippen LogP contribution in [0, 0.1) is 0 Å². The molecule has 0 saturated heterocycles. The third-order valence-electron chi connectivity index (χ3n) is 2.21. The zero-order valence-corrected chi connectivity index (χ0v) is 8.16. The molecule has 0 radical (unpaired) electrons. The number of carbonyl (C=O) groups excluding carboxylic acids is 1. The third-order valence-corrected chi connectivity index (χ3v) is 2.21. The zero-order valence-electron chi connectivity index (χ0n) is 8.16. The molecule has 0 aliphatic heterocycles. The first-order valence-electron chi connectivity index (χ1n) is 4.54. The van der Waals surface area contributed by atoms with E-state index in [1.165, 1.54) is 0 Å². The van der Waals surface area contributed by atoms with Crippen molar-refractivity contribution < 1.29 is 20.2 Å². The third kappa shape index (κ3) is 1.48. The Morgan fingerprint density at radius 2 is 1.75 bits per heavy atom. The first kappa shape index (κ1) is 10.1. The van der Waals surface area contributed by atoms with Crippen LogP contribution in [-0.2, 0) is 0 Å². The van der Waals surface area contributed by atoms with Crippen molar-refractivity contribution in [2.75, 3.05) is 0 Å². The quantitative estimate of drug-likeness (QED) is 0.526. The van der Waals surface area contributed by atoms with Crippen molar-refractivity contribution in [3.63, 3.8) is 0 Å². The van der Waals surface area contributed by atoms with E-state index in [1.54, 1.807) is 30.3 Å². The highest BCUT2D eigenvalue weighted by Gasteiger charge is 2.20. The molecular weight excluding hydrogens is 210 g/mol. The molecule has 1 aromatic heterocycles. The summed E-state index contributed by atoms with van der Waals surface area (Å²) in [5.74, 6) is -1.73. The van der Waals surface area contributed by atoms with E-state index >= 15 is 0 Å². The van der Waals surface area contributed by atoms with Crippen LogP contribution in [0.15, 0.2) is 36.4 Å². The van der Waals surface area contributed by atoms with Gasteiger partial charge in [0.2, 0.25) is 11.8 Å². The van der Waals surface area contributed by atoms with Crippen LogP contribution in [0.5, 0.6) is 11.8 Å². The summed E-state index contributed by atoms with van der Waals surface area (Å²) in [6.07, 6.45) is 0. The molecule has 0 bridgehead atoms. The number of rotatable bonds is 2. The van der Waals surface area contributed by atoms with Crippen molar-refractivity contribution in [1.29, 1.82) is 0 Å². The Bertz CT molecular complexity index is 530. The minimum absolute atomic E-state index is 0.147. The van der Waals surface area contributed by atoms with Gasteiger partial charge in [0.05, 0.1) is 5.56 Å². The molecule has 5 heteroatoms. The fourth-order valence-corrected chi connectivity index (χ4v) is 1.39. The van der Waals surface area contributed by atoms with Gasteiger partial charge in [0.15, 0.2) is 5.78 Å². The van der Waals surface area contributed by atoms with Gasteiger partial charge in [0, 0.05) is 11.6 Å². The Labute approximate surface area is 90.8 Å². The summed E-state index contributed by atoms with van der Waals surface area (Å²) in [5.41, 5.74) is 0.217. The van der Waals surface area contributed by atoms with Crippen molar-refractivity contribution in [3.8, 4) is 11.8 Å². The highest BCUT2D eigenvalue weighted by Crippen LogP contribution is 2.27. The Balaban J connectivity index is 2.46. The molecule has 0 atom stereocenters. The molecule has 0 saturated carbocycles. The van der Waals surface area contributed by atoms with Gasteiger partial charge in [-0.15, -0.1) is 4.73 Å². The number of hydrogen-bond donors (Lipinski definition) is 3. The molecule has 5 nitrogen and oxygen atoms in total. The molecule has 0 unspecified atom stereocenters. The highest BCUT2D eigenvalue weighted by molar-refractivity contribution is 6.10. The van der Waals surface area contributed by atoms with Crippen LogP contribution in [0.2, 0.25) is 0 Å². The van der Waals surface area contributed by atoms with Crippen molar-refractivity contribution in [2.45, 2.75) is 0 Å². The van der Waals surface area contributed by atoms with Gasteiger partial charge in [0.1, 0.15) is 0 Å². The fourth-order valence-electron chi connectivity index (χ4n) is 1.39. The smallest absolute Gasteiger partial charge is 0.240 e. The van der Waals surface area contributed by atoms with Crippen LogP contribution in [0.1, 0.15) is 15.9 Å². The van der Waals surface area contributed by atoms with Crippen LogP contribution in [-0.4, -0.2) is 25.9 Å². The predicted molar refractivity (Wildman–Crippen MR) is 54.8 cm³/mol. The van der Waals surface area contributed by atoms with Gasteiger partial charge in [-0.25, -0.2) is 0 Å². The van der Waals surface area contributed by atoms with Gasteiger partial charge in [0.25, 0.3) is 0 Å². The van der Waals surface area contributed by atoms with Crippen molar-refractivity contribution in [2.24, 2.45) is 0 Å². The Morgan fingerprint density at radius 1 is 1.12 bits per heavy atom. The monoisotopic (exact) mass is 219 g/mol. The molecule has 0 spiro atoms. The molecule has 2 rings (SSSR count). The standard InChI is InChI=1S/C11H9NO4/c13-9-6-8(11(15)12(9)16)10(14)7-4-2-1-3-5-7/h1-6,13,15-16H. The van der Waals surface area contributed by atoms with Crippen molar-refractivity contribution in [1.82, 2.24) is 4.73 Å². The van der Waals surface area contributed by atoms with E-state index in [1.807, 2.05) is 0 Å². The van der Waals surface area contributed by atoms with E-state index in [4.69, 9.17) is 10.3 Å². The largest absolute Gasteiger partial charge is 0.492 e. The maximum Gasteiger partial charge on any atom is 0.240 e. The molecule has 82 valence electrons. The Morgan fingerprint density at radius 3 is 2.25 bits per heavy atom. The Kier molecular flexibility index (Phi) is 2.28. The second-order valence-corrected chi connectivity index (χ2v) is 3.25. The van der Waals surface area contributed by atoms with Crippen LogP contribution < -0.4 is 0 Å². The van der Waals surface area contributed by atoms with Gasteiger partial charge in [-0.3, -0.25) is 4.79 Å². The lowest BCUT2D eigenvalue weighted by Gasteiger charge is -1.99. The lowest BCUT2D eigenvalue weighted by atomic mass is 10.1. The molecule has 0 amide bonds. The lowest BCUT2D eigenvalue weighted by Crippen LogP contribution is -2.00. The summed E-state index contributed by atoms with van der Waals surface area (Å²) < 4.78 is 0.149. The summed E-state index contributed by atoms with van der Waals surface area (Å²) in [6.45, 7) is 0. The summed E-state index contributed by atoms with van der Waals surface area (Å²) >= 11 is 0. The normalized spacial score (nSPS) is 10.2. The lowest BCUT2D eigenvalue weighted by molar-refractivity contribution is 0.102. The summed E-state index contributed by atoms with van der Waals surface area (Å²) in [7, 11) is 0. The second kappa shape index (κ2) is 3.62. The summed E-state index contributed by atoms with van der Waals surface area (Å²) in [5, 5.41) is 27.6. The van der Waals surface area contributed by atoms with Gasteiger partial charge in [-0.2, -0.15) is 0 Å². The van der Waals surface area contributed by atoms with E-state index in [0.29, 0.717) is 5.56 Å². The molecule has 1 heterocycles. The van der Waals surface area contributed by atoms with Gasteiger partial charge in [-0.05, 0) is 0 Å². The van der Waals surface area contributed by atoms with Crippen LogP contribution in [0.25, 0.3) is 0 Å². The summed E-state index contributed by atoms with van der Waals surface area (Å²) in [6, 6.07) is 9.28. The topological polar surface area (TPSA) is 82.7 Å². The van der Waals surface area contributed by atoms with E-state index in [-0.39, 0.29) is 10.3 Å². The molecule has 0 aliphatic rings. The molecule has 2 aromatic rings. The maximum atomic E-state index is 11.8. The first-order chi connectivity index (χ1) is 7.61. The first-order valence-corrected chi connectivity index (χ1v) is 4.54. The van der Waals surface area contributed by atoms with Gasteiger partial charge in [-0.1, -0.05) is 30.3 Å². The number of benzene rings is 1. The zero-order chi connectivity index (χ0) is 11.7. The second-order valence-electron chi connectivity index (χ2n) is 3.25. The highest BCUT2D eigenvalue weighted by atomic mass is 16.5. The van der Waals surface area contributed by atoms with Crippen LogP contribution in [0.3, 0.4) is 0 Å². The SMILES string of the molecule is O=C(c1ccccc1)c1cc(O)n(O)c1O. The minimum Gasteiger partial charge on any atom is -0.492 e. The van der Waals surface area contributed by atoms with Crippen LogP contribution in [0.4, 0.5) is 0 Å². The van der Waals surface area contributed by atoms with E-state index in [2.05, 4.69) is 0 Å². The van der Waals surface area contributed by atoms with E-state index in [0.717, 1.165) is 6.07 Å². The van der Waals surface area contributed by atoms with Gasteiger partial charge < -0.3 is 15.4 Å². The number of aromatic hydroxyl groups is 2. The number of hydrogen-bond acceptors (Lipinski definition) is 4. The molecular formula is C11H9NO4. The van der Waals surface area contributed by atoms with E-state index in [9.17, 15) is 9.90 Å². The maximum absolute atomic E-state index is 11.8. The minimum atomic E-state index is -0.675. The Hall–Kier alpha value is -2.43. The molecule has 1 aromatic carbocycles. The average molecular weight is 219 g/mol. The number of carbonyl (C=O) groups is 1. The summed E-state index contributed by atoms with van der Waals surface area (Å²) in [4.78, 5) is 11.8. The van der Waals surface area contributed by atoms with E-state index < -0.39 is 17.5 Å². The van der Waals surface area contributed by atoms with Crippen LogP contribution >= 0.6 is 0 Å². The number of nitrogens with zero attached hydrogens (tertiary/aromatic N) is 1. The molecule has 0 aliphatic carbocycles. The molecule has 3 N–H and O–H groups in total. The number of ketones is 1.